The van der Waals surface area contributed by atoms with E-state index in [-0.39, 0.29) is 18.3 Å². The summed E-state index contributed by atoms with van der Waals surface area (Å²) in [6.07, 6.45) is 1.35. The molecule has 1 aromatic heterocycles. The third-order valence-electron chi connectivity index (χ3n) is 2.52. The topological polar surface area (TPSA) is 97.2 Å². The second-order valence-electron chi connectivity index (χ2n) is 4.45. The first kappa shape index (κ1) is 13.9. The van der Waals surface area contributed by atoms with Gasteiger partial charge in [0.15, 0.2) is 0 Å². The van der Waals surface area contributed by atoms with Gasteiger partial charge in [-0.1, -0.05) is 0 Å². The summed E-state index contributed by atoms with van der Waals surface area (Å²) >= 11 is 0. The molecule has 1 heterocycles. The van der Waals surface area contributed by atoms with Gasteiger partial charge in [-0.2, -0.15) is 0 Å². The number of pyridine rings is 1. The van der Waals surface area contributed by atoms with Gasteiger partial charge in [-0.3, -0.25) is 4.79 Å². The van der Waals surface area contributed by atoms with Crippen LogP contribution in [0.15, 0.2) is 18.3 Å². The Balaban J connectivity index is 2.81. The van der Waals surface area contributed by atoms with Crippen LogP contribution in [-0.4, -0.2) is 29.4 Å². The molecule has 1 aromatic rings. The molecular weight excluding hydrogens is 236 g/mol. The molecule has 0 radical (unpaired) electrons. The molecule has 0 saturated carbocycles. The third-order valence-corrected chi connectivity index (χ3v) is 2.52. The van der Waals surface area contributed by atoms with Gasteiger partial charge in [-0.15, -0.1) is 0 Å². The maximum absolute atomic E-state index is 11.6. The predicted molar refractivity (Wildman–Crippen MR) is 67.2 cm³/mol. The summed E-state index contributed by atoms with van der Waals surface area (Å²) < 4.78 is 0. The molecule has 7 heteroatoms. The van der Waals surface area contributed by atoms with Crippen LogP contribution in [-0.2, 0) is 4.79 Å². The summed E-state index contributed by atoms with van der Waals surface area (Å²) in [5.74, 6) is -0.383. The molecule has 0 aliphatic rings. The first-order valence-electron chi connectivity index (χ1n) is 5.44. The van der Waals surface area contributed by atoms with Crippen molar-refractivity contribution < 1.29 is 9.72 Å². The lowest BCUT2D eigenvalue weighted by Crippen LogP contribution is -2.39. The van der Waals surface area contributed by atoms with Crippen molar-refractivity contribution in [2.75, 3.05) is 18.9 Å². The molecule has 0 aliphatic heterocycles. The molecule has 0 unspecified atom stereocenters. The third kappa shape index (κ3) is 3.16. The zero-order chi connectivity index (χ0) is 13.8. The molecule has 1 rings (SSSR count). The van der Waals surface area contributed by atoms with E-state index in [1.807, 2.05) is 0 Å². The number of carbonyl (C=O) groups excluding carboxylic acids is 1. The zero-order valence-electron chi connectivity index (χ0n) is 10.6. The van der Waals surface area contributed by atoms with Gasteiger partial charge in [0.2, 0.25) is 5.91 Å². The van der Waals surface area contributed by atoms with E-state index in [1.165, 1.54) is 6.20 Å². The monoisotopic (exact) mass is 252 g/mol. The quantitative estimate of drug-likeness (QED) is 0.605. The Kier molecular flexibility index (Phi) is 4.19. The number of nitrogens with one attached hydrogen (secondary N) is 2. The van der Waals surface area contributed by atoms with Gasteiger partial charge in [0.25, 0.3) is 0 Å². The first-order valence-corrected chi connectivity index (χ1v) is 5.44. The fourth-order valence-electron chi connectivity index (χ4n) is 1.42. The molecule has 0 saturated heterocycles. The van der Waals surface area contributed by atoms with Crippen molar-refractivity contribution in [1.82, 2.24) is 10.3 Å². The lowest BCUT2D eigenvalue weighted by Gasteiger charge is -2.23. The second kappa shape index (κ2) is 5.44. The summed E-state index contributed by atoms with van der Waals surface area (Å²) in [5, 5.41) is 16.2. The number of carbonyl (C=O) groups is 1. The summed E-state index contributed by atoms with van der Waals surface area (Å²) in [6, 6.07) is 3.16. The number of anilines is 1. The fraction of sp³-hybridized carbons (Fsp3) is 0.455. The van der Waals surface area contributed by atoms with Crippen molar-refractivity contribution in [3.8, 4) is 0 Å². The molecule has 0 aromatic carbocycles. The van der Waals surface area contributed by atoms with Crippen LogP contribution in [0.1, 0.15) is 13.8 Å². The van der Waals surface area contributed by atoms with Gasteiger partial charge in [0.05, 0.1) is 5.41 Å². The van der Waals surface area contributed by atoms with E-state index in [1.54, 1.807) is 33.0 Å². The Hall–Kier alpha value is -2.18. The highest BCUT2D eigenvalue weighted by molar-refractivity contribution is 5.82. The van der Waals surface area contributed by atoms with Gasteiger partial charge in [-0.25, -0.2) is 0 Å². The maximum atomic E-state index is 11.6. The number of hydrogen-bond donors (Lipinski definition) is 2. The maximum Gasteiger partial charge on any atom is 0.386 e. The lowest BCUT2D eigenvalue weighted by atomic mass is 9.92. The van der Waals surface area contributed by atoms with Crippen molar-refractivity contribution in [3.05, 3.63) is 28.4 Å². The van der Waals surface area contributed by atoms with Gasteiger partial charge >= 0.3 is 5.82 Å². The SMILES string of the molecule is CNC(=O)C(C)(C)CNc1cccnc1[N+](=O)[O-]. The van der Waals surface area contributed by atoms with E-state index in [2.05, 4.69) is 15.6 Å². The Labute approximate surface area is 105 Å². The van der Waals surface area contributed by atoms with E-state index in [0.717, 1.165) is 0 Å². The van der Waals surface area contributed by atoms with E-state index in [0.29, 0.717) is 5.69 Å². The number of aromatic nitrogens is 1. The van der Waals surface area contributed by atoms with E-state index in [9.17, 15) is 14.9 Å². The Morgan fingerprint density at radius 1 is 1.56 bits per heavy atom. The lowest BCUT2D eigenvalue weighted by molar-refractivity contribution is -0.388. The molecular formula is C11H16N4O3. The smallest absolute Gasteiger partial charge is 0.377 e. The molecule has 7 nitrogen and oxygen atoms in total. The van der Waals surface area contributed by atoms with Crippen LogP contribution in [0.5, 0.6) is 0 Å². The van der Waals surface area contributed by atoms with Crippen molar-refractivity contribution >= 4 is 17.4 Å². The van der Waals surface area contributed by atoms with Crippen LogP contribution in [0.4, 0.5) is 11.5 Å². The van der Waals surface area contributed by atoms with E-state index >= 15 is 0 Å². The number of nitro groups is 1. The van der Waals surface area contributed by atoms with Crippen LogP contribution in [0.2, 0.25) is 0 Å². The van der Waals surface area contributed by atoms with Crippen LogP contribution in [0.3, 0.4) is 0 Å². The van der Waals surface area contributed by atoms with E-state index < -0.39 is 10.3 Å². The molecule has 0 fully saturated rings. The van der Waals surface area contributed by atoms with Gasteiger partial charge < -0.3 is 20.7 Å². The highest BCUT2D eigenvalue weighted by Gasteiger charge is 2.27. The normalized spacial score (nSPS) is 10.8. The second-order valence-corrected chi connectivity index (χ2v) is 4.45. The molecule has 98 valence electrons. The molecule has 2 N–H and O–H groups in total. The molecule has 1 amide bonds. The van der Waals surface area contributed by atoms with Crippen molar-refractivity contribution in [3.63, 3.8) is 0 Å². The number of hydrogen-bond acceptors (Lipinski definition) is 5. The fourth-order valence-corrected chi connectivity index (χ4v) is 1.42. The molecule has 0 spiro atoms. The highest BCUT2D eigenvalue weighted by Crippen LogP contribution is 2.23. The largest absolute Gasteiger partial charge is 0.386 e. The minimum atomic E-state index is -0.668. The number of rotatable bonds is 5. The van der Waals surface area contributed by atoms with Crippen LogP contribution >= 0.6 is 0 Å². The molecule has 0 aliphatic carbocycles. The van der Waals surface area contributed by atoms with Gasteiger partial charge in [0.1, 0.15) is 11.9 Å². The highest BCUT2D eigenvalue weighted by atomic mass is 16.6. The Morgan fingerprint density at radius 3 is 2.78 bits per heavy atom. The number of nitrogens with zero attached hydrogens (tertiary/aromatic N) is 2. The van der Waals surface area contributed by atoms with Gasteiger partial charge in [0, 0.05) is 13.6 Å². The van der Waals surface area contributed by atoms with Crippen molar-refractivity contribution in [2.45, 2.75) is 13.8 Å². The van der Waals surface area contributed by atoms with Crippen LogP contribution < -0.4 is 10.6 Å². The van der Waals surface area contributed by atoms with Crippen molar-refractivity contribution in [1.29, 1.82) is 0 Å². The predicted octanol–water partition coefficient (Wildman–Crippen LogP) is 1.17. The number of amides is 1. The average Bonchev–Trinajstić information content (AvgIpc) is 2.35. The molecule has 18 heavy (non-hydrogen) atoms. The first-order chi connectivity index (χ1) is 8.38. The van der Waals surface area contributed by atoms with Gasteiger partial charge in [-0.05, 0) is 35.9 Å². The minimum absolute atomic E-state index is 0.137. The minimum Gasteiger partial charge on any atom is -0.377 e. The van der Waals surface area contributed by atoms with Crippen LogP contribution in [0.25, 0.3) is 0 Å². The summed E-state index contributed by atoms with van der Waals surface area (Å²) in [5.41, 5.74) is -0.363. The van der Waals surface area contributed by atoms with Crippen molar-refractivity contribution in [2.24, 2.45) is 5.41 Å². The van der Waals surface area contributed by atoms with E-state index in [4.69, 9.17) is 0 Å². The Morgan fingerprint density at radius 2 is 2.22 bits per heavy atom. The standard InChI is InChI=1S/C11H16N4O3/c1-11(2,10(16)12-3)7-14-8-5-4-6-13-9(8)15(17)18/h4-6,14H,7H2,1-3H3,(H,12,16). The Bertz CT molecular complexity index is 459. The summed E-state index contributed by atoms with van der Waals surface area (Å²) in [6.45, 7) is 3.78. The molecule has 0 atom stereocenters. The molecule has 0 bridgehead atoms. The average molecular weight is 252 g/mol. The zero-order valence-corrected chi connectivity index (χ0v) is 10.6. The van der Waals surface area contributed by atoms with Crippen LogP contribution in [0, 0.1) is 15.5 Å². The summed E-state index contributed by atoms with van der Waals surface area (Å²) in [7, 11) is 1.55. The summed E-state index contributed by atoms with van der Waals surface area (Å²) in [4.78, 5) is 25.5.